The number of carbonyl (C=O) groups is 1. The van der Waals surface area contributed by atoms with Crippen molar-refractivity contribution in [2.45, 2.75) is 25.3 Å². The van der Waals surface area contributed by atoms with Gasteiger partial charge in [0.2, 0.25) is 0 Å². The average Bonchev–Trinajstić information content (AvgIpc) is 2.52. The van der Waals surface area contributed by atoms with Gasteiger partial charge in [0.1, 0.15) is 18.4 Å². The van der Waals surface area contributed by atoms with Gasteiger partial charge in [0.25, 0.3) is 0 Å². The van der Waals surface area contributed by atoms with Crippen molar-refractivity contribution in [3.05, 3.63) is 30.3 Å². The third-order valence-electron chi connectivity index (χ3n) is 2.90. The Labute approximate surface area is 152 Å². The summed E-state index contributed by atoms with van der Waals surface area (Å²) in [6.45, 7) is 0.344. The molecule has 0 aliphatic carbocycles. The van der Waals surface area contributed by atoms with E-state index in [1.54, 1.807) is 39.3 Å². The molecular weight excluding hydrogens is 452 g/mol. The van der Waals surface area contributed by atoms with Gasteiger partial charge in [-0.15, -0.1) is 0 Å². The molecule has 0 aliphatic rings. The summed E-state index contributed by atoms with van der Waals surface area (Å²) in [5.41, 5.74) is 5.73. The van der Waals surface area contributed by atoms with Gasteiger partial charge in [-0.25, -0.2) is 4.57 Å². The Kier molecular flexibility index (Phi) is 10.2. The summed E-state index contributed by atoms with van der Waals surface area (Å²) >= 11 is 2.13. The first kappa shape index (κ1) is 20.8. The maximum Gasteiger partial charge on any atom is 0.376 e. The molecule has 0 radical (unpaired) electrons. The van der Waals surface area contributed by atoms with E-state index in [-0.39, 0.29) is 6.16 Å². The number of nitrogens with two attached hydrogens (primary N) is 1. The van der Waals surface area contributed by atoms with Gasteiger partial charge < -0.3 is 19.9 Å². The minimum atomic E-state index is -3.68. The highest BCUT2D eigenvalue weighted by Gasteiger charge is 2.21. The van der Waals surface area contributed by atoms with Crippen LogP contribution in [-0.2, 0) is 14.1 Å². The van der Waals surface area contributed by atoms with Crippen molar-refractivity contribution in [3.63, 3.8) is 0 Å². The number of carbonyl (C=O) groups excluding carboxylic acids is 1. The molecule has 0 aromatic heterocycles. The Bertz CT molecular complexity index is 519. The molecule has 23 heavy (non-hydrogen) atoms. The van der Waals surface area contributed by atoms with E-state index in [9.17, 15) is 14.3 Å². The minimum Gasteiger partial charge on any atom is -0.464 e. The molecule has 0 saturated heterocycles. The number of halogens is 1. The maximum atomic E-state index is 11.9. The summed E-state index contributed by atoms with van der Waals surface area (Å²) in [7, 11) is -2.12. The third-order valence-corrected chi connectivity index (χ3v) is 5.92. The largest absolute Gasteiger partial charge is 0.464 e. The van der Waals surface area contributed by atoms with Crippen molar-refractivity contribution in [2.24, 2.45) is 5.73 Å². The van der Waals surface area contributed by atoms with Crippen molar-refractivity contribution < 1.29 is 23.5 Å². The summed E-state index contributed by atoms with van der Waals surface area (Å²) in [5, 5.41) is 0. The number of hydrogen-bond donors (Lipinski definition) is 2. The van der Waals surface area contributed by atoms with Gasteiger partial charge in [-0.2, -0.15) is 0 Å². The van der Waals surface area contributed by atoms with Gasteiger partial charge in [0.05, 0.1) is 6.16 Å². The predicted octanol–water partition coefficient (Wildman–Crippen LogP) is 3.37. The highest BCUT2D eigenvalue weighted by Crippen LogP contribution is 2.43. The van der Waals surface area contributed by atoms with Crippen LogP contribution in [0.1, 0.15) is 19.3 Å². The molecule has 0 spiro atoms. The molecule has 9 heteroatoms. The van der Waals surface area contributed by atoms with Crippen molar-refractivity contribution >= 4 is 43.7 Å². The van der Waals surface area contributed by atoms with Crippen molar-refractivity contribution in [2.75, 3.05) is 18.5 Å². The normalized spacial score (nSPS) is 14.7. The second kappa shape index (κ2) is 11.3. The average molecular weight is 473 g/mol. The van der Waals surface area contributed by atoms with Crippen LogP contribution in [0, 0.1) is 0 Å². The van der Waals surface area contributed by atoms with E-state index in [0.29, 0.717) is 31.6 Å². The first-order valence-corrected chi connectivity index (χ1v) is 12.5. The van der Waals surface area contributed by atoms with Gasteiger partial charge in [-0.1, -0.05) is 33.6 Å². The number of unbranched alkanes of at least 4 members (excludes halogenated alkanes) is 1. The lowest BCUT2D eigenvalue weighted by molar-refractivity contribution is -0.144. The molecule has 130 valence electrons. The third kappa shape index (κ3) is 9.56. The van der Waals surface area contributed by atoms with Crippen LogP contribution in [0.15, 0.2) is 30.3 Å². The molecule has 1 rings (SSSR count). The summed E-state index contributed by atoms with van der Waals surface area (Å²) in [6.07, 6.45) is 1.45. The van der Waals surface area contributed by atoms with Crippen molar-refractivity contribution in [1.82, 2.24) is 0 Å². The van der Waals surface area contributed by atoms with Gasteiger partial charge in [-0.3, -0.25) is 4.79 Å². The molecule has 0 amide bonds. The molecule has 0 aliphatic heterocycles. The molecule has 0 fully saturated rings. The highest BCUT2D eigenvalue weighted by molar-refractivity contribution is 14.2. The second-order valence-corrected chi connectivity index (χ2v) is 9.25. The minimum absolute atomic E-state index is 0.0230. The topological polar surface area (TPSA) is 98.9 Å². The Hall–Kier alpha value is -0.280. The fraction of sp³-hybridized carbons (Fsp3) is 0.500. The second-order valence-electron chi connectivity index (χ2n) is 4.85. The van der Waals surface area contributed by atoms with Crippen LogP contribution in [0.4, 0.5) is 0 Å². The van der Waals surface area contributed by atoms with Gasteiger partial charge >= 0.3 is 13.6 Å². The Balaban J connectivity index is 2.22. The molecule has 3 N–H and O–H groups in total. The standard InChI is InChI=1S/C14H21INO5PS/c15-23-11-9-20-14(17)13(16)8-4-5-10-22(18,19)21-12-6-2-1-3-7-12/h1-3,6-7,13H,4-5,8-11,16H2,(H,18,19). The lowest BCUT2D eigenvalue weighted by Crippen LogP contribution is -2.32. The summed E-state index contributed by atoms with van der Waals surface area (Å²) < 4.78 is 22.1. The monoisotopic (exact) mass is 473 g/mol. The summed E-state index contributed by atoms with van der Waals surface area (Å²) in [5.74, 6) is 0.665. The molecule has 2 atom stereocenters. The number of esters is 1. The predicted molar refractivity (Wildman–Crippen MR) is 101 cm³/mol. The van der Waals surface area contributed by atoms with E-state index in [1.165, 1.54) is 0 Å². The number of benzene rings is 1. The molecule has 0 heterocycles. The van der Waals surface area contributed by atoms with Crippen LogP contribution in [0.2, 0.25) is 0 Å². The Morgan fingerprint density at radius 1 is 1.35 bits per heavy atom. The summed E-state index contributed by atoms with van der Waals surface area (Å²) in [6, 6.07) is 7.83. The maximum absolute atomic E-state index is 11.9. The SMILES string of the molecule is NC(CCCCP(=O)(O)Oc1ccccc1)C(=O)OCCSI. The van der Waals surface area contributed by atoms with E-state index >= 15 is 0 Å². The molecule has 2 unspecified atom stereocenters. The smallest absolute Gasteiger partial charge is 0.376 e. The van der Waals surface area contributed by atoms with Crippen LogP contribution in [0.5, 0.6) is 5.75 Å². The van der Waals surface area contributed by atoms with E-state index in [0.717, 1.165) is 5.75 Å². The molecule has 6 nitrogen and oxygen atoms in total. The number of rotatable bonds is 11. The fourth-order valence-electron chi connectivity index (χ4n) is 1.77. The quantitative estimate of drug-likeness (QED) is 0.220. The van der Waals surface area contributed by atoms with Crippen LogP contribution in [0.3, 0.4) is 0 Å². The Morgan fingerprint density at radius 3 is 2.70 bits per heavy atom. The van der Waals surface area contributed by atoms with Gasteiger partial charge in [0, 0.05) is 5.75 Å². The molecule has 1 aromatic rings. The van der Waals surface area contributed by atoms with Crippen LogP contribution in [0.25, 0.3) is 0 Å². The van der Waals surface area contributed by atoms with Crippen molar-refractivity contribution in [1.29, 1.82) is 0 Å². The van der Waals surface area contributed by atoms with Crippen molar-refractivity contribution in [3.8, 4) is 5.75 Å². The zero-order chi connectivity index (χ0) is 17.1. The zero-order valence-electron chi connectivity index (χ0n) is 12.6. The van der Waals surface area contributed by atoms with E-state index in [4.69, 9.17) is 15.0 Å². The Morgan fingerprint density at radius 2 is 2.04 bits per heavy atom. The van der Waals surface area contributed by atoms with Gasteiger partial charge in [0.15, 0.2) is 0 Å². The van der Waals surface area contributed by atoms with E-state index in [1.807, 2.05) is 0 Å². The van der Waals surface area contributed by atoms with Crippen LogP contribution < -0.4 is 10.3 Å². The fourth-order valence-corrected chi connectivity index (χ4v) is 3.62. The van der Waals surface area contributed by atoms with Gasteiger partial charge in [-0.05, 0) is 46.2 Å². The molecule has 0 saturated carbocycles. The molecule has 1 aromatic carbocycles. The van der Waals surface area contributed by atoms with E-state index < -0.39 is 19.6 Å². The number of hydrogen-bond acceptors (Lipinski definition) is 6. The molecule has 0 bridgehead atoms. The van der Waals surface area contributed by atoms with Crippen LogP contribution >= 0.6 is 37.7 Å². The first-order chi connectivity index (χ1) is 10.9. The lowest BCUT2D eigenvalue weighted by atomic mass is 10.1. The van der Waals surface area contributed by atoms with Crippen LogP contribution in [-0.4, -0.2) is 35.4 Å². The summed E-state index contributed by atoms with van der Waals surface area (Å²) in [4.78, 5) is 21.4. The molecular formula is C14H21INO5PS. The highest BCUT2D eigenvalue weighted by atomic mass is 127. The first-order valence-electron chi connectivity index (χ1n) is 7.17. The zero-order valence-corrected chi connectivity index (χ0v) is 16.5. The number of ether oxygens (including phenoxy) is 1. The number of para-hydroxylation sites is 1. The van der Waals surface area contributed by atoms with E-state index in [2.05, 4.69) is 21.2 Å². The lowest BCUT2D eigenvalue weighted by Gasteiger charge is -2.14.